The molecule has 3 rings (SSSR count). The zero-order valence-corrected chi connectivity index (χ0v) is 13.7. The number of fused-ring (bicyclic) bond motifs is 1. The molecule has 6 heteroatoms. The van der Waals surface area contributed by atoms with E-state index in [4.69, 9.17) is 0 Å². The maximum absolute atomic E-state index is 12.4. The molecule has 0 saturated carbocycles. The summed E-state index contributed by atoms with van der Waals surface area (Å²) in [5.41, 5.74) is 2.30. The second-order valence-electron chi connectivity index (χ2n) is 5.58. The van der Waals surface area contributed by atoms with E-state index in [0.717, 1.165) is 24.3 Å². The van der Waals surface area contributed by atoms with Gasteiger partial charge in [-0.15, -0.1) is 11.3 Å². The molecule has 2 aromatic rings. The SMILES string of the molecule is CN(C)c1ncccc1CNC(=O)N1CCc2sccc2C1. The highest BCUT2D eigenvalue weighted by Gasteiger charge is 2.21. The Morgan fingerprint density at radius 2 is 2.32 bits per heavy atom. The number of carbonyl (C=O) groups excluding carboxylic acids is 1. The lowest BCUT2D eigenvalue weighted by Crippen LogP contribution is -2.42. The highest BCUT2D eigenvalue weighted by molar-refractivity contribution is 7.10. The Kier molecular flexibility index (Phi) is 4.29. The normalized spacial score (nSPS) is 13.6. The zero-order chi connectivity index (χ0) is 15.5. The number of thiophene rings is 1. The Labute approximate surface area is 134 Å². The third kappa shape index (κ3) is 3.06. The minimum atomic E-state index is -0.00888. The molecule has 3 heterocycles. The molecule has 0 bridgehead atoms. The van der Waals surface area contributed by atoms with Crippen molar-refractivity contribution in [3.05, 3.63) is 45.8 Å². The first kappa shape index (κ1) is 14.8. The van der Waals surface area contributed by atoms with E-state index >= 15 is 0 Å². The fourth-order valence-electron chi connectivity index (χ4n) is 2.68. The molecular formula is C16H20N4OS. The number of hydrogen-bond acceptors (Lipinski definition) is 4. The smallest absolute Gasteiger partial charge is 0.317 e. The summed E-state index contributed by atoms with van der Waals surface area (Å²) in [6, 6.07) is 6.00. The monoisotopic (exact) mass is 316 g/mol. The van der Waals surface area contributed by atoms with Gasteiger partial charge in [-0.25, -0.2) is 9.78 Å². The minimum Gasteiger partial charge on any atom is -0.362 e. The van der Waals surface area contributed by atoms with Gasteiger partial charge in [-0.05, 0) is 29.5 Å². The molecule has 0 aliphatic carbocycles. The molecule has 0 spiro atoms. The van der Waals surface area contributed by atoms with Gasteiger partial charge in [0.1, 0.15) is 5.82 Å². The largest absolute Gasteiger partial charge is 0.362 e. The Morgan fingerprint density at radius 1 is 1.45 bits per heavy atom. The molecule has 1 N–H and O–H groups in total. The van der Waals surface area contributed by atoms with Crippen LogP contribution in [0.4, 0.5) is 10.6 Å². The van der Waals surface area contributed by atoms with Gasteiger partial charge in [0.15, 0.2) is 0 Å². The molecular weight excluding hydrogens is 296 g/mol. The fraction of sp³-hybridized carbons (Fsp3) is 0.375. The molecule has 116 valence electrons. The molecule has 0 saturated heterocycles. The minimum absolute atomic E-state index is 0.00888. The van der Waals surface area contributed by atoms with Crippen molar-refractivity contribution in [3.63, 3.8) is 0 Å². The van der Waals surface area contributed by atoms with Gasteiger partial charge in [-0.3, -0.25) is 0 Å². The highest BCUT2D eigenvalue weighted by Crippen LogP contribution is 2.24. The molecule has 0 aromatic carbocycles. The third-order valence-corrected chi connectivity index (χ3v) is 4.84. The summed E-state index contributed by atoms with van der Waals surface area (Å²) >= 11 is 1.78. The topological polar surface area (TPSA) is 48.5 Å². The van der Waals surface area contributed by atoms with E-state index < -0.39 is 0 Å². The second-order valence-corrected chi connectivity index (χ2v) is 6.58. The van der Waals surface area contributed by atoms with Crippen LogP contribution in [0, 0.1) is 0 Å². The number of nitrogens with zero attached hydrogens (tertiary/aromatic N) is 3. The fourth-order valence-corrected chi connectivity index (χ4v) is 3.57. The first-order chi connectivity index (χ1) is 10.6. The zero-order valence-electron chi connectivity index (χ0n) is 12.9. The average Bonchev–Trinajstić information content (AvgIpc) is 3.00. The van der Waals surface area contributed by atoms with E-state index in [2.05, 4.69) is 21.7 Å². The van der Waals surface area contributed by atoms with Crippen LogP contribution in [0.1, 0.15) is 16.0 Å². The summed E-state index contributed by atoms with van der Waals surface area (Å²) in [4.78, 5) is 22.0. The Hall–Kier alpha value is -2.08. The lowest BCUT2D eigenvalue weighted by Gasteiger charge is -2.27. The van der Waals surface area contributed by atoms with Crippen molar-refractivity contribution in [3.8, 4) is 0 Å². The molecule has 2 aromatic heterocycles. The highest BCUT2D eigenvalue weighted by atomic mass is 32.1. The van der Waals surface area contributed by atoms with Crippen molar-refractivity contribution in [2.45, 2.75) is 19.5 Å². The van der Waals surface area contributed by atoms with Crippen molar-refractivity contribution >= 4 is 23.2 Å². The molecule has 0 fully saturated rings. The first-order valence-corrected chi connectivity index (χ1v) is 8.22. The summed E-state index contributed by atoms with van der Waals surface area (Å²) in [5, 5.41) is 5.11. The van der Waals surface area contributed by atoms with Gasteiger partial charge in [0.05, 0.1) is 0 Å². The summed E-state index contributed by atoms with van der Waals surface area (Å²) in [5.74, 6) is 0.890. The standard InChI is InChI=1S/C16H20N4OS/c1-19(2)15-12(4-3-7-17-15)10-18-16(21)20-8-5-14-13(11-20)6-9-22-14/h3-4,6-7,9H,5,8,10-11H2,1-2H3,(H,18,21). The van der Waals surface area contributed by atoms with E-state index in [1.54, 1.807) is 17.5 Å². The third-order valence-electron chi connectivity index (χ3n) is 3.82. The molecule has 2 amide bonds. The van der Waals surface area contributed by atoms with Crippen LogP contribution in [0.3, 0.4) is 0 Å². The van der Waals surface area contributed by atoms with Crippen LogP contribution >= 0.6 is 11.3 Å². The average molecular weight is 316 g/mol. The van der Waals surface area contributed by atoms with Crippen molar-refractivity contribution in [1.29, 1.82) is 0 Å². The Bertz CT molecular complexity index is 668. The van der Waals surface area contributed by atoms with Gasteiger partial charge < -0.3 is 15.1 Å². The van der Waals surface area contributed by atoms with E-state index in [0.29, 0.717) is 13.1 Å². The maximum atomic E-state index is 12.4. The van der Waals surface area contributed by atoms with Gasteiger partial charge in [0.25, 0.3) is 0 Å². The van der Waals surface area contributed by atoms with Crippen molar-refractivity contribution in [2.75, 3.05) is 25.5 Å². The summed E-state index contributed by atoms with van der Waals surface area (Å²) in [7, 11) is 3.91. The second kappa shape index (κ2) is 6.36. The number of nitrogens with one attached hydrogen (secondary N) is 1. The van der Waals surface area contributed by atoms with Crippen LogP contribution in [-0.2, 0) is 19.5 Å². The number of urea groups is 1. The van der Waals surface area contributed by atoms with Crippen molar-refractivity contribution in [1.82, 2.24) is 15.2 Å². The van der Waals surface area contributed by atoms with Crippen molar-refractivity contribution in [2.24, 2.45) is 0 Å². The van der Waals surface area contributed by atoms with E-state index in [1.807, 2.05) is 36.0 Å². The number of anilines is 1. The first-order valence-electron chi connectivity index (χ1n) is 7.34. The predicted molar refractivity (Wildman–Crippen MR) is 89.2 cm³/mol. The summed E-state index contributed by atoms with van der Waals surface area (Å²) < 4.78 is 0. The van der Waals surface area contributed by atoms with Crippen LogP contribution < -0.4 is 10.2 Å². The molecule has 1 aliphatic rings. The Balaban J connectivity index is 1.62. The van der Waals surface area contributed by atoms with Crippen LogP contribution in [0.25, 0.3) is 0 Å². The number of rotatable bonds is 3. The maximum Gasteiger partial charge on any atom is 0.317 e. The molecule has 0 radical (unpaired) electrons. The van der Waals surface area contributed by atoms with Crippen LogP contribution in [-0.4, -0.2) is 36.6 Å². The van der Waals surface area contributed by atoms with E-state index in [1.165, 1.54) is 10.4 Å². The van der Waals surface area contributed by atoms with Crippen LogP contribution in [0.2, 0.25) is 0 Å². The molecule has 0 unspecified atom stereocenters. The number of hydrogen-bond donors (Lipinski definition) is 1. The predicted octanol–water partition coefficient (Wildman–Crippen LogP) is 2.48. The molecule has 1 aliphatic heterocycles. The van der Waals surface area contributed by atoms with Gasteiger partial charge in [0, 0.05) is 50.4 Å². The quantitative estimate of drug-likeness (QED) is 0.946. The van der Waals surface area contributed by atoms with E-state index in [9.17, 15) is 4.79 Å². The van der Waals surface area contributed by atoms with Gasteiger partial charge in [-0.2, -0.15) is 0 Å². The number of amides is 2. The van der Waals surface area contributed by atoms with Gasteiger partial charge in [0.2, 0.25) is 0 Å². The lowest BCUT2D eigenvalue weighted by atomic mass is 10.1. The van der Waals surface area contributed by atoms with E-state index in [-0.39, 0.29) is 6.03 Å². The Morgan fingerprint density at radius 3 is 3.14 bits per heavy atom. The summed E-state index contributed by atoms with van der Waals surface area (Å²) in [6.45, 7) is 1.98. The van der Waals surface area contributed by atoms with Crippen molar-refractivity contribution < 1.29 is 4.79 Å². The summed E-state index contributed by atoms with van der Waals surface area (Å²) in [6.07, 6.45) is 2.72. The molecule has 5 nitrogen and oxygen atoms in total. The number of pyridine rings is 1. The van der Waals surface area contributed by atoms with Crippen LogP contribution in [0.5, 0.6) is 0 Å². The van der Waals surface area contributed by atoms with Gasteiger partial charge in [-0.1, -0.05) is 6.07 Å². The van der Waals surface area contributed by atoms with Gasteiger partial charge >= 0.3 is 6.03 Å². The molecule has 22 heavy (non-hydrogen) atoms. The molecule has 0 atom stereocenters. The van der Waals surface area contributed by atoms with Crippen LogP contribution in [0.15, 0.2) is 29.8 Å². The number of aromatic nitrogens is 1. The number of carbonyl (C=O) groups is 1. The lowest BCUT2D eigenvalue weighted by molar-refractivity contribution is 0.192.